The summed E-state index contributed by atoms with van der Waals surface area (Å²) in [5, 5.41) is 0. The molecule has 23 heavy (non-hydrogen) atoms. The van der Waals surface area contributed by atoms with Crippen molar-refractivity contribution in [2.45, 2.75) is 51.0 Å². The first-order chi connectivity index (χ1) is 10.7. The first kappa shape index (κ1) is 17.9. The van der Waals surface area contributed by atoms with Gasteiger partial charge >= 0.3 is 0 Å². The van der Waals surface area contributed by atoms with Gasteiger partial charge in [-0.1, -0.05) is 26.0 Å². The molecule has 1 fully saturated rings. The Morgan fingerprint density at radius 3 is 2.39 bits per heavy atom. The van der Waals surface area contributed by atoms with Gasteiger partial charge in [-0.3, -0.25) is 4.79 Å². The third-order valence-electron chi connectivity index (χ3n) is 4.40. The minimum atomic E-state index is -3.60. The highest BCUT2D eigenvalue weighted by atomic mass is 32.2. The Morgan fingerprint density at radius 2 is 1.87 bits per heavy atom. The molecule has 1 aliphatic rings. The molecule has 0 aromatic heterocycles. The molecule has 2 atom stereocenters. The largest absolute Gasteiger partial charge is 0.369 e. The lowest BCUT2D eigenvalue weighted by Gasteiger charge is -2.35. The second kappa shape index (κ2) is 7.01. The van der Waals surface area contributed by atoms with Crippen LogP contribution in [0.15, 0.2) is 29.2 Å². The van der Waals surface area contributed by atoms with Gasteiger partial charge in [-0.05, 0) is 49.8 Å². The third kappa shape index (κ3) is 4.12. The average molecular weight is 338 g/mol. The highest BCUT2D eigenvalue weighted by molar-refractivity contribution is 7.89. The van der Waals surface area contributed by atoms with E-state index < -0.39 is 21.8 Å². The highest BCUT2D eigenvalue weighted by Gasteiger charge is 2.36. The summed E-state index contributed by atoms with van der Waals surface area (Å²) in [7, 11) is -3.60. The zero-order chi connectivity index (χ0) is 17.2. The van der Waals surface area contributed by atoms with E-state index in [1.165, 1.54) is 4.31 Å². The molecule has 0 saturated carbocycles. The lowest BCUT2D eigenvalue weighted by molar-refractivity contribution is -0.123. The number of benzene rings is 1. The van der Waals surface area contributed by atoms with E-state index >= 15 is 0 Å². The molecule has 0 radical (unpaired) electrons. The maximum Gasteiger partial charge on any atom is 0.243 e. The maximum absolute atomic E-state index is 12.9. The monoisotopic (exact) mass is 338 g/mol. The number of carbonyl (C=O) groups is 1. The number of primary amides is 1. The lowest BCUT2D eigenvalue weighted by atomic mass is 9.95. The van der Waals surface area contributed by atoms with Gasteiger partial charge in [-0.2, -0.15) is 4.31 Å². The van der Waals surface area contributed by atoms with Crippen molar-refractivity contribution in [1.82, 2.24) is 4.31 Å². The molecule has 1 aromatic carbocycles. The smallest absolute Gasteiger partial charge is 0.243 e. The molecule has 6 heteroatoms. The van der Waals surface area contributed by atoms with E-state index in [0.29, 0.717) is 18.8 Å². The van der Waals surface area contributed by atoms with Crippen LogP contribution in [0.25, 0.3) is 0 Å². The number of amides is 1. The minimum Gasteiger partial charge on any atom is -0.369 e. The van der Waals surface area contributed by atoms with Crippen molar-refractivity contribution in [3.8, 4) is 0 Å². The fourth-order valence-electron chi connectivity index (χ4n) is 3.05. The number of nitrogens with zero attached hydrogens (tertiary/aromatic N) is 1. The first-order valence-electron chi connectivity index (χ1n) is 8.12. The van der Waals surface area contributed by atoms with Crippen molar-refractivity contribution in [3.05, 3.63) is 29.8 Å². The molecule has 1 aromatic rings. The number of piperidine rings is 1. The number of hydrogen-bond donors (Lipinski definition) is 1. The number of nitrogens with two attached hydrogens (primary N) is 1. The average Bonchev–Trinajstić information content (AvgIpc) is 2.47. The molecule has 0 spiro atoms. The van der Waals surface area contributed by atoms with Gasteiger partial charge < -0.3 is 5.73 Å². The van der Waals surface area contributed by atoms with Crippen LogP contribution in [0, 0.1) is 11.8 Å². The first-order valence-corrected chi connectivity index (χ1v) is 9.56. The van der Waals surface area contributed by atoms with Crippen molar-refractivity contribution in [3.63, 3.8) is 0 Å². The maximum atomic E-state index is 12.9. The predicted octanol–water partition coefficient (Wildman–Crippen LogP) is 2.16. The Kier molecular flexibility index (Phi) is 5.47. The SMILES string of the molecule is CC(C)Cc1ccc(S(=O)(=O)N2CC(C(N)=O)CCC2C)cc1. The van der Waals surface area contributed by atoms with Gasteiger partial charge in [0.2, 0.25) is 15.9 Å². The van der Waals surface area contributed by atoms with Crippen LogP contribution in [0.3, 0.4) is 0 Å². The molecular weight excluding hydrogens is 312 g/mol. The molecule has 5 nitrogen and oxygen atoms in total. The van der Waals surface area contributed by atoms with Gasteiger partial charge in [0.25, 0.3) is 0 Å². The minimum absolute atomic E-state index is 0.119. The van der Waals surface area contributed by atoms with E-state index in [1.807, 2.05) is 19.1 Å². The van der Waals surface area contributed by atoms with Crippen LogP contribution in [-0.2, 0) is 21.2 Å². The Labute approximate surface area is 138 Å². The van der Waals surface area contributed by atoms with Crippen molar-refractivity contribution < 1.29 is 13.2 Å². The van der Waals surface area contributed by atoms with E-state index in [9.17, 15) is 13.2 Å². The summed E-state index contributed by atoms with van der Waals surface area (Å²) >= 11 is 0. The molecule has 2 rings (SSSR count). The predicted molar refractivity (Wildman–Crippen MR) is 90.3 cm³/mol. The number of hydrogen-bond acceptors (Lipinski definition) is 3. The topological polar surface area (TPSA) is 80.5 Å². The van der Waals surface area contributed by atoms with Crippen LogP contribution < -0.4 is 5.73 Å². The van der Waals surface area contributed by atoms with Crippen LogP contribution >= 0.6 is 0 Å². The third-order valence-corrected chi connectivity index (χ3v) is 6.40. The number of rotatable bonds is 5. The second-order valence-corrected chi connectivity index (χ2v) is 8.73. The van der Waals surface area contributed by atoms with Crippen LogP contribution in [0.5, 0.6) is 0 Å². The summed E-state index contributed by atoms with van der Waals surface area (Å²) in [4.78, 5) is 11.7. The van der Waals surface area contributed by atoms with Gasteiger partial charge in [-0.25, -0.2) is 8.42 Å². The Balaban J connectivity index is 2.24. The molecule has 2 N–H and O–H groups in total. The zero-order valence-electron chi connectivity index (χ0n) is 14.0. The fourth-order valence-corrected chi connectivity index (χ4v) is 4.75. The van der Waals surface area contributed by atoms with E-state index in [-0.39, 0.29) is 17.5 Å². The van der Waals surface area contributed by atoms with Crippen LogP contribution in [0.4, 0.5) is 0 Å². The quantitative estimate of drug-likeness (QED) is 0.893. The van der Waals surface area contributed by atoms with Gasteiger partial charge in [0.15, 0.2) is 0 Å². The van der Waals surface area contributed by atoms with Gasteiger partial charge in [0.1, 0.15) is 0 Å². The molecule has 0 aliphatic carbocycles. The summed E-state index contributed by atoms with van der Waals surface area (Å²) in [6.07, 6.45) is 2.22. The number of sulfonamides is 1. The molecule has 128 valence electrons. The molecule has 1 aliphatic heterocycles. The van der Waals surface area contributed by atoms with Crippen molar-refractivity contribution in [2.24, 2.45) is 17.6 Å². The van der Waals surface area contributed by atoms with Crippen LogP contribution in [-0.4, -0.2) is 31.2 Å². The van der Waals surface area contributed by atoms with Gasteiger partial charge in [-0.15, -0.1) is 0 Å². The standard InChI is InChI=1S/C17H26N2O3S/c1-12(2)10-14-5-8-16(9-6-14)23(21,22)19-11-15(17(18)20)7-4-13(19)3/h5-6,8-9,12-13,15H,4,7,10-11H2,1-3H3,(H2,18,20). The molecule has 1 heterocycles. The Morgan fingerprint density at radius 1 is 1.26 bits per heavy atom. The molecule has 2 unspecified atom stereocenters. The number of carbonyl (C=O) groups excluding carboxylic acids is 1. The summed E-state index contributed by atoms with van der Waals surface area (Å²) in [5.74, 6) is -0.304. The van der Waals surface area contributed by atoms with Crippen LogP contribution in [0.1, 0.15) is 39.2 Å². The highest BCUT2D eigenvalue weighted by Crippen LogP contribution is 2.28. The Bertz CT molecular complexity index is 653. The molecular formula is C17H26N2O3S. The van der Waals surface area contributed by atoms with E-state index in [2.05, 4.69) is 13.8 Å². The lowest BCUT2D eigenvalue weighted by Crippen LogP contribution is -2.48. The van der Waals surface area contributed by atoms with E-state index in [1.54, 1.807) is 12.1 Å². The van der Waals surface area contributed by atoms with Crippen molar-refractivity contribution >= 4 is 15.9 Å². The summed E-state index contributed by atoms with van der Waals surface area (Å²) in [6, 6.07) is 6.94. The molecule has 1 amide bonds. The van der Waals surface area contributed by atoms with Crippen molar-refractivity contribution in [1.29, 1.82) is 0 Å². The molecule has 1 saturated heterocycles. The summed E-state index contributed by atoms with van der Waals surface area (Å²) in [5.41, 5.74) is 6.49. The summed E-state index contributed by atoms with van der Waals surface area (Å²) in [6.45, 7) is 6.31. The normalized spacial score (nSPS) is 23.1. The Hall–Kier alpha value is -1.40. The van der Waals surface area contributed by atoms with Gasteiger partial charge in [0, 0.05) is 12.6 Å². The van der Waals surface area contributed by atoms with Crippen molar-refractivity contribution in [2.75, 3.05) is 6.54 Å². The van der Waals surface area contributed by atoms with Crippen LogP contribution in [0.2, 0.25) is 0 Å². The summed E-state index contributed by atoms with van der Waals surface area (Å²) < 4.78 is 27.2. The van der Waals surface area contributed by atoms with E-state index in [4.69, 9.17) is 5.73 Å². The fraction of sp³-hybridized carbons (Fsp3) is 0.588. The zero-order valence-corrected chi connectivity index (χ0v) is 14.8. The van der Waals surface area contributed by atoms with Gasteiger partial charge in [0.05, 0.1) is 10.8 Å². The molecule has 0 bridgehead atoms. The second-order valence-electron chi connectivity index (χ2n) is 6.84. The van der Waals surface area contributed by atoms with E-state index in [0.717, 1.165) is 12.0 Å².